The summed E-state index contributed by atoms with van der Waals surface area (Å²) in [6.45, 7) is 0. The average Bonchev–Trinajstić information content (AvgIpc) is 2.81. The van der Waals surface area contributed by atoms with Crippen LogP contribution >= 0.6 is 23.6 Å². The minimum Gasteiger partial charge on any atom is -0.375 e. The number of nitrogens with one attached hydrogen (secondary N) is 1. The third-order valence-corrected chi connectivity index (χ3v) is 3.01. The lowest BCUT2D eigenvalue weighted by molar-refractivity contribution is 1.00. The zero-order valence-electron chi connectivity index (χ0n) is 7.56. The molecule has 1 heterocycles. The maximum atomic E-state index is 5.33. The number of rotatable bonds is 3. The lowest BCUT2D eigenvalue weighted by Gasteiger charge is -2.02. The molecule has 14 heavy (non-hydrogen) atoms. The summed E-state index contributed by atoms with van der Waals surface area (Å²) >= 11 is 6.41. The van der Waals surface area contributed by atoms with Crippen molar-refractivity contribution < 1.29 is 0 Å². The smallest absolute Gasteiger partial charge is 0.184 e. The van der Waals surface area contributed by atoms with Gasteiger partial charge in [-0.3, -0.25) is 5.43 Å². The van der Waals surface area contributed by atoms with E-state index in [1.54, 1.807) is 11.3 Å². The van der Waals surface area contributed by atoms with E-state index in [1.165, 1.54) is 17.7 Å². The Morgan fingerprint density at radius 3 is 2.93 bits per heavy atom. The second-order valence-corrected chi connectivity index (χ2v) is 4.61. The zero-order valence-corrected chi connectivity index (χ0v) is 9.20. The van der Waals surface area contributed by atoms with Crippen LogP contribution in [0.1, 0.15) is 17.7 Å². The Hall–Kier alpha value is -0.940. The van der Waals surface area contributed by atoms with Crippen LogP contribution in [-0.4, -0.2) is 10.8 Å². The van der Waals surface area contributed by atoms with Crippen LogP contribution in [0.15, 0.2) is 22.6 Å². The quantitative estimate of drug-likeness (QED) is 0.467. The van der Waals surface area contributed by atoms with E-state index in [0.29, 0.717) is 5.92 Å². The molecule has 74 valence electrons. The molecule has 1 aliphatic rings. The molecule has 3 N–H and O–H groups in total. The number of nitrogens with two attached hydrogens (primary N) is 1. The van der Waals surface area contributed by atoms with Crippen molar-refractivity contribution in [1.82, 2.24) is 5.43 Å². The van der Waals surface area contributed by atoms with Crippen molar-refractivity contribution in [1.29, 1.82) is 0 Å². The van der Waals surface area contributed by atoms with Gasteiger partial charge in [-0.05, 0) is 36.5 Å². The lowest BCUT2D eigenvalue weighted by atomic mass is 10.2. The topological polar surface area (TPSA) is 50.4 Å². The molecule has 0 aromatic carbocycles. The van der Waals surface area contributed by atoms with E-state index < -0.39 is 0 Å². The number of thiophene rings is 1. The summed E-state index contributed by atoms with van der Waals surface area (Å²) < 4.78 is 0. The Balaban J connectivity index is 2.15. The molecule has 0 amide bonds. The van der Waals surface area contributed by atoms with E-state index in [-0.39, 0.29) is 5.11 Å². The molecule has 1 fully saturated rings. The van der Waals surface area contributed by atoms with Crippen LogP contribution in [0.25, 0.3) is 0 Å². The van der Waals surface area contributed by atoms with E-state index in [9.17, 15) is 0 Å². The fraction of sp³-hybridized carbons (Fsp3) is 0.333. The molecule has 3 nitrogen and oxygen atoms in total. The molecule has 0 unspecified atom stereocenters. The molecule has 5 heteroatoms. The first kappa shape index (κ1) is 9.61. The molecular formula is C9H11N3S2. The highest BCUT2D eigenvalue weighted by molar-refractivity contribution is 7.80. The van der Waals surface area contributed by atoms with Gasteiger partial charge in [0.15, 0.2) is 5.11 Å². The first-order chi connectivity index (χ1) is 6.77. The van der Waals surface area contributed by atoms with Crippen LogP contribution in [0.2, 0.25) is 0 Å². The molecule has 0 atom stereocenters. The fourth-order valence-electron chi connectivity index (χ4n) is 1.24. The van der Waals surface area contributed by atoms with Crippen LogP contribution in [0.4, 0.5) is 0 Å². The highest BCUT2D eigenvalue weighted by atomic mass is 32.1. The minimum atomic E-state index is 0.222. The van der Waals surface area contributed by atoms with E-state index >= 15 is 0 Å². The second-order valence-electron chi connectivity index (χ2n) is 3.22. The Bertz CT molecular complexity index is 352. The highest BCUT2D eigenvalue weighted by Crippen LogP contribution is 2.34. The van der Waals surface area contributed by atoms with Crippen LogP contribution in [0, 0.1) is 5.92 Å². The summed E-state index contributed by atoms with van der Waals surface area (Å²) in [7, 11) is 0. The Labute approximate surface area is 92.0 Å². The second kappa shape index (κ2) is 4.06. The lowest BCUT2D eigenvalue weighted by Crippen LogP contribution is -2.25. The number of hydrogen-bond acceptors (Lipinski definition) is 3. The molecule has 0 saturated heterocycles. The van der Waals surface area contributed by atoms with Crippen LogP contribution in [-0.2, 0) is 0 Å². The van der Waals surface area contributed by atoms with Crippen LogP contribution < -0.4 is 11.2 Å². The zero-order chi connectivity index (χ0) is 9.97. The van der Waals surface area contributed by atoms with Gasteiger partial charge in [-0.1, -0.05) is 6.07 Å². The molecule has 1 aromatic heterocycles. The van der Waals surface area contributed by atoms with Gasteiger partial charge in [-0.25, -0.2) is 0 Å². The number of nitrogens with zero attached hydrogens (tertiary/aromatic N) is 1. The van der Waals surface area contributed by atoms with Crippen molar-refractivity contribution in [3.63, 3.8) is 0 Å². The molecule has 1 aromatic rings. The number of hydrazone groups is 1. The van der Waals surface area contributed by atoms with Crippen molar-refractivity contribution in [3.8, 4) is 0 Å². The van der Waals surface area contributed by atoms with Gasteiger partial charge in [0.1, 0.15) is 0 Å². The van der Waals surface area contributed by atoms with Gasteiger partial charge < -0.3 is 5.73 Å². The first-order valence-electron chi connectivity index (χ1n) is 4.44. The molecule has 1 saturated carbocycles. The van der Waals surface area contributed by atoms with Crippen molar-refractivity contribution in [2.24, 2.45) is 16.8 Å². The maximum Gasteiger partial charge on any atom is 0.184 e. The standard InChI is InChI=1S/C9H11N3S2/c10-9(13)12-11-8(6-3-4-6)7-2-1-5-14-7/h1-2,5-6H,3-4H2,(H3,10,12,13)/b11-8-. The molecule has 0 spiro atoms. The monoisotopic (exact) mass is 225 g/mol. The highest BCUT2D eigenvalue weighted by Gasteiger charge is 2.29. The third-order valence-electron chi connectivity index (χ3n) is 2.02. The molecule has 0 aliphatic heterocycles. The molecule has 0 radical (unpaired) electrons. The molecular weight excluding hydrogens is 214 g/mol. The Morgan fingerprint density at radius 2 is 2.43 bits per heavy atom. The molecule has 0 bridgehead atoms. The van der Waals surface area contributed by atoms with Crippen molar-refractivity contribution in [3.05, 3.63) is 22.4 Å². The van der Waals surface area contributed by atoms with Crippen molar-refractivity contribution in [2.75, 3.05) is 0 Å². The minimum absolute atomic E-state index is 0.222. The summed E-state index contributed by atoms with van der Waals surface area (Å²) in [5.74, 6) is 0.593. The Kier molecular flexibility index (Phi) is 2.79. The maximum absolute atomic E-state index is 5.33. The normalized spacial score (nSPS) is 16.7. The van der Waals surface area contributed by atoms with Gasteiger partial charge in [0.2, 0.25) is 0 Å². The van der Waals surface area contributed by atoms with Gasteiger partial charge in [0, 0.05) is 5.92 Å². The average molecular weight is 225 g/mol. The molecule has 1 aliphatic carbocycles. The third kappa shape index (κ3) is 2.30. The van der Waals surface area contributed by atoms with E-state index in [0.717, 1.165) is 5.71 Å². The van der Waals surface area contributed by atoms with Crippen LogP contribution in [0.5, 0.6) is 0 Å². The van der Waals surface area contributed by atoms with E-state index in [1.807, 2.05) is 11.4 Å². The van der Waals surface area contributed by atoms with E-state index in [4.69, 9.17) is 18.0 Å². The predicted octanol–water partition coefficient (Wildman–Crippen LogP) is 1.70. The van der Waals surface area contributed by atoms with Gasteiger partial charge in [0.25, 0.3) is 0 Å². The van der Waals surface area contributed by atoms with Gasteiger partial charge >= 0.3 is 0 Å². The van der Waals surface area contributed by atoms with Crippen molar-refractivity contribution in [2.45, 2.75) is 12.8 Å². The Morgan fingerprint density at radius 1 is 1.64 bits per heavy atom. The first-order valence-corrected chi connectivity index (χ1v) is 5.73. The van der Waals surface area contributed by atoms with Gasteiger partial charge in [0.05, 0.1) is 10.6 Å². The largest absolute Gasteiger partial charge is 0.375 e. The predicted molar refractivity (Wildman–Crippen MR) is 63.5 cm³/mol. The summed E-state index contributed by atoms with van der Waals surface area (Å²) in [4.78, 5) is 1.20. The molecule has 2 rings (SSSR count). The summed E-state index contributed by atoms with van der Waals surface area (Å²) in [5, 5.41) is 6.51. The van der Waals surface area contributed by atoms with Crippen molar-refractivity contribution >= 4 is 34.4 Å². The van der Waals surface area contributed by atoms with E-state index in [2.05, 4.69) is 16.6 Å². The summed E-state index contributed by atoms with van der Waals surface area (Å²) in [6, 6.07) is 4.10. The number of hydrogen-bond donors (Lipinski definition) is 2. The van der Waals surface area contributed by atoms with Gasteiger partial charge in [-0.15, -0.1) is 11.3 Å². The van der Waals surface area contributed by atoms with Crippen LogP contribution in [0.3, 0.4) is 0 Å². The van der Waals surface area contributed by atoms with Gasteiger partial charge in [-0.2, -0.15) is 5.10 Å². The fourth-order valence-corrected chi connectivity index (χ4v) is 2.08. The number of thiocarbonyl (C=S) groups is 1. The SMILES string of the molecule is NC(=S)N/N=C(\c1cccs1)C1CC1. The summed E-state index contributed by atoms with van der Waals surface area (Å²) in [6.07, 6.45) is 2.44. The summed E-state index contributed by atoms with van der Waals surface area (Å²) in [5.41, 5.74) is 9.08.